The predicted octanol–water partition coefficient (Wildman–Crippen LogP) is 4.43. The van der Waals surface area contributed by atoms with E-state index in [0.29, 0.717) is 0 Å². The van der Waals surface area contributed by atoms with E-state index in [2.05, 4.69) is 15.9 Å². The molecule has 0 aliphatic heterocycles. The van der Waals surface area contributed by atoms with Crippen LogP contribution in [-0.2, 0) is 5.92 Å². The standard InChI is InChI=1S/C13H11BrF2/c14-12(9-5-2-6-10-12)13(15,16)11-7-3-1-4-8-11/h1-9H,10H2. The van der Waals surface area contributed by atoms with E-state index in [1.54, 1.807) is 36.4 Å². The molecule has 1 aromatic carbocycles. The molecular formula is C13H11BrF2. The van der Waals surface area contributed by atoms with Gasteiger partial charge in [0.15, 0.2) is 0 Å². The highest BCUT2D eigenvalue weighted by atomic mass is 79.9. The Bertz CT molecular complexity index is 423. The van der Waals surface area contributed by atoms with Crippen LogP contribution >= 0.6 is 15.9 Å². The fourth-order valence-electron chi connectivity index (χ4n) is 1.71. The van der Waals surface area contributed by atoms with Crippen molar-refractivity contribution in [1.29, 1.82) is 0 Å². The van der Waals surface area contributed by atoms with Crippen molar-refractivity contribution in [2.24, 2.45) is 0 Å². The second kappa shape index (κ2) is 4.13. The lowest BCUT2D eigenvalue weighted by Gasteiger charge is -2.33. The number of halogens is 3. The van der Waals surface area contributed by atoms with Gasteiger partial charge in [0.25, 0.3) is 5.92 Å². The Balaban J connectivity index is 2.39. The molecule has 3 heteroatoms. The Labute approximate surface area is 102 Å². The van der Waals surface area contributed by atoms with Gasteiger partial charge < -0.3 is 0 Å². The zero-order valence-electron chi connectivity index (χ0n) is 8.54. The van der Waals surface area contributed by atoms with E-state index in [9.17, 15) is 8.78 Å². The summed E-state index contributed by atoms with van der Waals surface area (Å²) in [7, 11) is 0. The summed E-state index contributed by atoms with van der Waals surface area (Å²) in [6, 6.07) is 7.89. The van der Waals surface area contributed by atoms with E-state index in [0.717, 1.165) is 0 Å². The highest BCUT2D eigenvalue weighted by Crippen LogP contribution is 2.48. The molecule has 2 rings (SSSR count). The average molecular weight is 285 g/mol. The van der Waals surface area contributed by atoms with Crippen LogP contribution in [0.1, 0.15) is 12.0 Å². The molecule has 0 aromatic heterocycles. The molecular weight excluding hydrogens is 274 g/mol. The van der Waals surface area contributed by atoms with Crippen molar-refractivity contribution < 1.29 is 8.78 Å². The SMILES string of the molecule is FC(F)(c1ccccc1)C1(Br)C=CC=CC1. The van der Waals surface area contributed by atoms with E-state index in [4.69, 9.17) is 0 Å². The molecule has 0 spiro atoms. The Morgan fingerprint density at radius 2 is 1.81 bits per heavy atom. The Morgan fingerprint density at radius 1 is 1.12 bits per heavy atom. The smallest absolute Gasteiger partial charge is 0.199 e. The summed E-state index contributed by atoms with van der Waals surface area (Å²) in [5.41, 5.74) is 0.0341. The zero-order chi connectivity index (χ0) is 11.6. The molecule has 16 heavy (non-hydrogen) atoms. The summed E-state index contributed by atoms with van der Waals surface area (Å²) in [5, 5.41) is 0. The average Bonchev–Trinajstić information content (AvgIpc) is 2.31. The predicted molar refractivity (Wildman–Crippen MR) is 64.9 cm³/mol. The van der Waals surface area contributed by atoms with Crippen molar-refractivity contribution in [2.75, 3.05) is 0 Å². The van der Waals surface area contributed by atoms with Gasteiger partial charge in [-0.3, -0.25) is 0 Å². The molecule has 1 aliphatic rings. The topological polar surface area (TPSA) is 0 Å². The number of hydrogen-bond acceptors (Lipinski definition) is 0. The molecule has 0 amide bonds. The fourth-order valence-corrected chi connectivity index (χ4v) is 2.28. The first-order chi connectivity index (χ1) is 7.56. The van der Waals surface area contributed by atoms with Gasteiger partial charge in [-0.15, -0.1) is 0 Å². The number of rotatable bonds is 2. The fraction of sp³-hybridized carbons (Fsp3) is 0.231. The van der Waals surface area contributed by atoms with Gasteiger partial charge in [-0.2, -0.15) is 8.78 Å². The number of benzene rings is 1. The van der Waals surface area contributed by atoms with Gasteiger partial charge in [0.2, 0.25) is 0 Å². The number of allylic oxidation sites excluding steroid dienone is 4. The third-order valence-electron chi connectivity index (χ3n) is 2.68. The molecule has 0 fully saturated rings. The first-order valence-corrected chi connectivity index (χ1v) is 5.82. The number of alkyl halides is 3. The maximum atomic E-state index is 14.3. The van der Waals surface area contributed by atoms with Crippen LogP contribution in [0.4, 0.5) is 8.78 Å². The zero-order valence-corrected chi connectivity index (χ0v) is 10.1. The molecule has 0 nitrogen and oxygen atoms in total. The Kier molecular flexibility index (Phi) is 2.98. The third kappa shape index (κ3) is 1.84. The maximum Gasteiger partial charge on any atom is 0.291 e. The quantitative estimate of drug-likeness (QED) is 0.705. The second-order valence-corrected chi connectivity index (χ2v) is 5.21. The first-order valence-electron chi connectivity index (χ1n) is 5.03. The molecule has 0 heterocycles. The van der Waals surface area contributed by atoms with Crippen molar-refractivity contribution in [3.05, 3.63) is 60.2 Å². The van der Waals surface area contributed by atoms with Crippen LogP contribution in [-0.4, -0.2) is 4.32 Å². The van der Waals surface area contributed by atoms with Crippen LogP contribution in [0.15, 0.2) is 54.6 Å². The van der Waals surface area contributed by atoms with E-state index >= 15 is 0 Å². The largest absolute Gasteiger partial charge is 0.291 e. The summed E-state index contributed by atoms with van der Waals surface area (Å²) in [4.78, 5) is 0. The Morgan fingerprint density at radius 3 is 2.38 bits per heavy atom. The molecule has 1 atom stereocenters. The Hall–Kier alpha value is -0.960. The van der Waals surface area contributed by atoms with Crippen LogP contribution < -0.4 is 0 Å². The minimum absolute atomic E-state index is 0.0341. The summed E-state index contributed by atoms with van der Waals surface area (Å²) < 4.78 is 27.3. The summed E-state index contributed by atoms with van der Waals surface area (Å²) in [6.07, 6.45) is 6.96. The maximum absolute atomic E-state index is 14.3. The van der Waals surface area contributed by atoms with Crippen LogP contribution in [0.25, 0.3) is 0 Å². The van der Waals surface area contributed by atoms with Crippen LogP contribution in [0, 0.1) is 0 Å². The van der Waals surface area contributed by atoms with Crippen LogP contribution in [0.5, 0.6) is 0 Å². The molecule has 1 unspecified atom stereocenters. The van der Waals surface area contributed by atoms with Crippen molar-refractivity contribution in [3.8, 4) is 0 Å². The normalized spacial score (nSPS) is 24.7. The van der Waals surface area contributed by atoms with Crippen molar-refractivity contribution in [3.63, 3.8) is 0 Å². The van der Waals surface area contributed by atoms with Gasteiger partial charge in [-0.05, 0) is 6.42 Å². The molecule has 0 N–H and O–H groups in total. The molecule has 0 saturated heterocycles. The molecule has 0 radical (unpaired) electrons. The van der Waals surface area contributed by atoms with E-state index in [1.807, 2.05) is 0 Å². The van der Waals surface area contributed by atoms with Gasteiger partial charge in [0, 0.05) is 5.56 Å². The van der Waals surface area contributed by atoms with Gasteiger partial charge >= 0.3 is 0 Å². The summed E-state index contributed by atoms with van der Waals surface area (Å²) in [5.74, 6) is -2.92. The summed E-state index contributed by atoms with van der Waals surface area (Å²) in [6.45, 7) is 0. The lowest BCUT2D eigenvalue weighted by atomic mass is 9.89. The van der Waals surface area contributed by atoms with Crippen LogP contribution in [0.2, 0.25) is 0 Å². The second-order valence-electron chi connectivity index (χ2n) is 3.79. The first kappa shape index (κ1) is 11.5. The lowest BCUT2D eigenvalue weighted by Crippen LogP contribution is -2.39. The van der Waals surface area contributed by atoms with Crippen molar-refractivity contribution in [2.45, 2.75) is 16.7 Å². The van der Waals surface area contributed by atoms with Gasteiger partial charge in [0.1, 0.15) is 4.32 Å². The van der Waals surface area contributed by atoms with Crippen molar-refractivity contribution >= 4 is 15.9 Å². The van der Waals surface area contributed by atoms with Gasteiger partial charge in [-0.25, -0.2) is 0 Å². The minimum atomic E-state index is -2.92. The molecule has 84 valence electrons. The van der Waals surface area contributed by atoms with Gasteiger partial charge in [0.05, 0.1) is 0 Å². The van der Waals surface area contributed by atoms with E-state index in [1.165, 1.54) is 18.2 Å². The summed E-state index contributed by atoms with van der Waals surface area (Å²) >= 11 is 3.17. The van der Waals surface area contributed by atoms with E-state index in [-0.39, 0.29) is 12.0 Å². The minimum Gasteiger partial charge on any atom is -0.199 e. The molecule has 1 aliphatic carbocycles. The molecule has 1 aromatic rings. The molecule has 0 saturated carbocycles. The van der Waals surface area contributed by atoms with Crippen molar-refractivity contribution in [1.82, 2.24) is 0 Å². The third-order valence-corrected chi connectivity index (χ3v) is 3.77. The van der Waals surface area contributed by atoms with Gasteiger partial charge in [-0.1, -0.05) is 70.6 Å². The molecule has 0 bridgehead atoms. The monoisotopic (exact) mass is 284 g/mol. The number of hydrogen-bond donors (Lipinski definition) is 0. The van der Waals surface area contributed by atoms with Crippen LogP contribution in [0.3, 0.4) is 0 Å². The highest BCUT2D eigenvalue weighted by Gasteiger charge is 2.51. The van der Waals surface area contributed by atoms with E-state index < -0.39 is 10.2 Å². The lowest BCUT2D eigenvalue weighted by molar-refractivity contribution is -0.0278. The highest BCUT2D eigenvalue weighted by molar-refractivity contribution is 9.10.